The van der Waals surface area contributed by atoms with E-state index in [0.717, 1.165) is 6.26 Å². The predicted molar refractivity (Wildman–Crippen MR) is 69.0 cm³/mol. The molecule has 20 heavy (non-hydrogen) atoms. The number of rotatable bonds is 3. The number of fused-ring (bicyclic) bond motifs is 2. The number of carbonyl (C=O) groups excluding carboxylic acids is 2. The molecule has 5 atom stereocenters. The van der Waals surface area contributed by atoms with Crippen LogP contribution in [-0.2, 0) is 33.6 Å². The van der Waals surface area contributed by atoms with Gasteiger partial charge in [0, 0.05) is 0 Å². The second kappa shape index (κ2) is 5.63. The van der Waals surface area contributed by atoms with Crippen LogP contribution in [0.25, 0.3) is 0 Å². The van der Waals surface area contributed by atoms with Crippen LogP contribution in [-0.4, -0.2) is 70.1 Å². The molecule has 0 saturated carbocycles. The molecule has 2 saturated heterocycles. The van der Waals surface area contributed by atoms with Gasteiger partial charge in [-0.15, -0.1) is 0 Å². The van der Waals surface area contributed by atoms with Gasteiger partial charge in [0.1, 0.15) is 0 Å². The van der Waals surface area contributed by atoms with E-state index in [1.165, 1.54) is 13.8 Å². The normalized spacial score (nSPS) is 36.5. The molecule has 2 bridgehead atoms. The van der Waals surface area contributed by atoms with E-state index < -0.39 is 45.3 Å². The van der Waals surface area contributed by atoms with E-state index >= 15 is 0 Å². The predicted octanol–water partition coefficient (Wildman–Crippen LogP) is -0.876. The topological polar surface area (TPSA) is 96.0 Å². The number of hydrogen-bond acceptors (Lipinski definition) is 7. The van der Waals surface area contributed by atoms with Gasteiger partial charge < -0.3 is 0 Å². The van der Waals surface area contributed by atoms with Crippen LogP contribution in [0.4, 0.5) is 0 Å². The standard InChI is InChI=1S/C11H16O7SSe/c1-5(12)16-8-9(17-6(2)13)11-18-7(4-20-11)10(8)19(3,14)15/h7-11H,4H2,1-3H3/t7-,8-,9-,10-,11+/m1/s1. The van der Waals surface area contributed by atoms with Crippen molar-refractivity contribution in [3.8, 4) is 0 Å². The van der Waals surface area contributed by atoms with Gasteiger partial charge in [-0.2, -0.15) is 0 Å². The van der Waals surface area contributed by atoms with E-state index in [1.807, 2.05) is 0 Å². The zero-order valence-corrected chi connectivity index (χ0v) is 13.8. The van der Waals surface area contributed by atoms with Gasteiger partial charge in [-0.3, -0.25) is 0 Å². The van der Waals surface area contributed by atoms with Crippen LogP contribution in [0.3, 0.4) is 0 Å². The number of sulfone groups is 1. The quantitative estimate of drug-likeness (QED) is 0.470. The third-order valence-corrected chi connectivity index (χ3v) is 7.25. The zero-order valence-electron chi connectivity index (χ0n) is 11.3. The average Bonchev–Trinajstić information content (AvgIpc) is 2.66. The molecule has 0 spiro atoms. The van der Waals surface area contributed by atoms with Gasteiger partial charge in [-0.1, -0.05) is 0 Å². The third-order valence-electron chi connectivity index (χ3n) is 3.11. The summed E-state index contributed by atoms with van der Waals surface area (Å²) >= 11 is -0.0113. The summed E-state index contributed by atoms with van der Waals surface area (Å²) in [6.45, 7) is 2.43. The Labute approximate surface area is 123 Å². The molecular weight excluding hydrogens is 355 g/mol. The molecular formula is C11H16O7SSe. The van der Waals surface area contributed by atoms with Gasteiger partial charge in [-0.25, -0.2) is 0 Å². The summed E-state index contributed by atoms with van der Waals surface area (Å²) in [7, 11) is -3.51. The van der Waals surface area contributed by atoms with Crippen molar-refractivity contribution in [2.24, 2.45) is 0 Å². The van der Waals surface area contributed by atoms with Crippen LogP contribution >= 0.6 is 0 Å². The van der Waals surface area contributed by atoms with Crippen LogP contribution in [0, 0.1) is 0 Å². The molecule has 114 valence electrons. The SMILES string of the molecule is CC(=O)O[C@@H]1[C@@H](OC(C)=O)[C@H]2O[C@H](C[Se]2)[C@H]1S(C)(=O)=O. The van der Waals surface area contributed by atoms with E-state index in [-0.39, 0.29) is 20.0 Å². The van der Waals surface area contributed by atoms with Crippen LogP contribution in [0.5, 0.6) is 0 Å². The van der Waals surface area contributed by atoms with Crippen molar-refractivity contribution in [2.75, 3.05) is 6.26 Å². The minimum atomic E-state index is -3.51. The van der Waals surface area contributed by atoms with Gasteiger partial charge in [0.25, 0.3) is 0 Å². The fourth-order valence-electron chi connectivity index (χ4n) is 2.50. The van der Waals surface area contributed by atoms with Crippen LogP contribution in [0.2, 0.25) is 5.32 Å². The van der Waals surface area contributed by atoms with Crippen molar-refractivity contribution in [1.82, 2.24) is 0 Å². The van der Waals surface area contributed by atoms with E-state index in [4.69, 9.17) is 14.2 Å². The summed E-state index contributed by atoms with van der Waals surface area (Å²) in [6, 6.07) is 0. The minimum absolute atomic E-state index is 0.0113. The van der Waals surface area contributed by atoms with Crippen molar-refractivity contribution in [2.45, 2.75) is 47.7 Å². The molecule has 0 aliphatic carbocycles. The molecule has 2 aliphatic rings. The molecule has 2 rings (SSSR count). The second-order valence-electron chi connectivity index (χ2n) is 4.82. The molecule has 7 nitrogen and oxygen atoms in total. The Balaban J connectivity index is 2.37. The van der Waals surface area contributed by atoms with Gasteiger partial charge in [0.2, 0.25) is 0 Å². The Bertz CT molecular complexity index is 517. The van der Waals surface area contributed by atoms with Gasteiger partial charge in [-0.05, 0) is 0 Å². The molecule has 0 amide bonds. The first-order valence-corrected chi connectivity index (χ1v) is 10.2. The van der Waals surface area contributed by atoms with Crippen molar-refractivity contribution in [3.05, 3.63) is 0 Å². The Hall–Kier alpha value is -0.631. The maximum absolute atomic E-state index is 12.0. The first-order valence-electron chi connectivity index (χ1n) is 6.00. The maximum atomic E-state index is 12.0. The molecule has 0 aromatic rings. The third kappa shape index (κ3) is 3.16. The fourth-order valence-corrected chi connectivity index (χ4v) is 6.88. The van der Waals surface area contributed by atoms with Gasteiger partial charge >= 0.3 is 123 Å². The Morgan fingerprint density at radius 1 is 1.15 bits per heavy atom. The van der Waals surface area contributed by atoms with Crippen molar-refractivity contribution < 1.29 is 32.2 Å². The van der Waals surface area contributed by atoms with Gasteiger partial charge in [0.05, 0.1) is 0 Å². The van der Waals surface area contributed by atoms with E-state index in [1.54, 1.807) is 0 Å². The summed E-state index contributed by atoms with van der Waals surface area (Å²) in [5.41, 5.74) is 0. The van der Waals surface area contributed by atoms with Crippen LogP contribution in [0.1, 0.15) is 13.8 Å². The molecule has 0 unspecified atom stereocenters. The number of ether oxygens (including phenoxy) is 3. The van der Waals surface area contributed by atoms with Crippen LogP contribution in [0.15, 0.2) is 0 Å². The second-order valence-corrected chi connectivity index (χ2v) is 9.40. The number of esters is 2. The van der Waals surface area contributed by atoms with Gasteiger partial charge in [0.15, 0.2) is 0 Å². The summed E-state index contributed by atoms with van der Waals surface area (Å²) in [5.74, 6) is -1.15. The summed E-state index contributed by atoms with van der Waals surface area (Å²) in [6.07, 6.45) is -1.27. The first-order chi connectivity index (χ1) is 9.20. The van der Waals surface area contributed by atoms with Crippen molar-refractivity contribution >= 4 is 36.7 Å². The first kappa shape index (κ1) is 15.8. The summed E-state index contributed by atoms with van der Waals surface area (Å²) in [4.78, 5) is 22.5. The molecule has 2 fully saturated rings. The molecule has 0 radical (unpaired) electrons. The van der Waals surface area contributed by atoms with Crippen molar-refractivity contribution in [3.63, 3.8) is 0 Å². The van der Waals surface area contributed by atoms with E-state index in [9.17, 15) is 18.0 Å². The fraction of sp³-hybridized carbons (Fsp3) is 0.818. The molecule has 9 heteroatoms. The zero-order chi connectivity index (χ0) is 15.1. The molecule has 0 aromatic carbocycles. The van der Waals surface area contributed by atoms with Crippen LogP contribution < -0.4 is 0 Å². The van der Waals surface area contributed by atoms with E-state index in [2.05, 4.69) is 0 Å². The molecule has 2 aliphatic heterocycles. The molecule has 0 aromatic heterocycles. The Kier molecular flexibility index (Phi) is 4.44. The molecule has 2 heterocycles. The van der Waals surface area contributed by atoms with Crippen molar-refractivity contribution in [1.29, 1.82) is 0 Å². The Morgan fingerprint density at radius 3 is 2.20 bits per heavy atom. The number of hydrogen-bond donors (Lipinski definition) is 0. The monoisotopic (exact) mass is 372 g/mol. The van der Waals surface area contributed by atoms with E-state index in [0.29, 0.717) is 5.32 Å². The number of carbonyl (C=O) groups is 2. The summed E-state index contributed by atoms with van der Waals surface area (Å²) in [5, 5.41) is -0.750. The Morgan fingerprint density at radius 2 is 1.70 bits per heavy atom. The average molecular weight is 371 g/mol. The summed E-state index contributed by atoms with van der Waals surface area (Å²) < 4.78 is 40.0. The molecule has 0 N–H and O–H groups in total.